The second-order valence-corrected chi connectivity index (χ2v) is 9.31. The van der Waals surface area contributed by atoms with Crippen molar-refractivity contribution in [2.45, 2.75) is 30.0 Å². The van der Waals surface area contributed by atoms with E-state index in [4.69, 9.17) is 21.1 Å². The van der Waals surface area contributed by atoms with E-state index >= 15 is 0 Å². The number of ether oxygens (including phenoxy) is 2. The van der Waals surface area contributed by atoms with Crippen LogP contribution < -0.4 is 5.32 Å². The lowest BCUT2D eigenvalue weighted by Gasteiger charge is -2.56. The third-order valence-corrected chi connectivity index (χ3v) is 7.05. The first-order valence-electron chi connectivity index (χ1n) is 11.8. The van der Waals surface area contributed by atoms with Crippen LogP contribution in [0.2, 0.25) is 0 Å². The van der Waals surface area contributed by atoms with Gasteiger partial charge >= 0.3 is 5.97 Å². The highest BCUT2D eigenvalue weighted by atomic mass is 35.5. The number of fused-ring (bicyclic) bond motifs is 1. The molecular formula is C28H25ClN2O6. The summed E-state index contributed by atoms with van der Waals surface area (Å²) in [5.74, 6) is -2.22. The van der Waals surface area contributed by atoms with Crippen molar-refractivity contribution < 1.29 is 29.0 Å². The fourth-order valence-electron chi connectivity index (χ4n) is 4.66. The quantitative estimate of drug-likeness (QED) is 0.282. The van der Waals surface area contributed by atoms with Crippen LogP contribution >= 0.6 is 11.6 Å². The highest BCUT2D eigenvalue weighted by molar-refractivity contribution is 6.19. The third kappa shape index (κ3) is 4.71. The number of amides is 2. The number of esters is 1. The van der Waals surface area contributed by atoms with Crippen molar-refractivity contribution in [3.63, 3.8) is 0 Å². The van der Waals surface area contributed by atoms with Gasteiger partial charge in [0.15, 0.2) is 24.4 Å². The predicted molar refractivity (Wildman–Crippen MR) is 135 cm³/mol. The SMILES string of the molecule is O=C(N[C@H]1C(=O)N2[C@@H]1OC[C@@](O)(CCl)[C@@H]2C(=O)OC(c1ccccc1)c1ccccc1)c1ccccc1. The molecule has 2 heterocycles. The number of hydrogen-bond donors (Lipinski definition) is 2. The lowest BCUT2D eigenvalue weighted by molar-refractivity contribution is -0.253. The molecule has 0 bridgehead atoms. The van der Waals surface area contributed by atoms with Gasteiger partial charge in [0.2, 0.25) is 0 Å². The van der Waals surface area contributed by atoms with Crippen LogP contribution in [0.4, 0.5) is 0 Å². The Morgan fingerprint density at radius 1 is 1.00 bits per heavy atom. The van der Waals surface area contributed by atoms with E-state index < -0.39 is 47.8 Å². The first-order chi connectivity index (χ1) is 17.9. The van der Waals surface area contributed by atoms with Gasteiger partial charge in [-0.25, -0.2) is 4.79 Å². The Labute approximate surface area is 218 Å². The fourth-order valence-corrected chi connectivity index (χ4v) is 4.88. The molecule has 0 unspecified atom stereocenters. The molecule has 2 amide bonds. The molecular weight excluding hydrogens is 496 g/mol. The molecule has 4 atom stereocenters. The zero-order valence-electron chi connectivity index (χ0n) is 19.7. The Bertz CT molecular complexity index is 1240. The molecule has 0 aliphatic carbocycles. The molecule has 37 heavy (non-hydrogen) atoms. The zero-order chi connectivity index (χ0) is 26.0. The molecule has 2 aliphatic rings. The average molecular weight is 521 g/mol. The molecule has 5 rings (SSSR count). The highest BCUT2D eigenvalue weighted by Crippen LogP contribution is 2.38. The standard InChI is InChI=1S/C28H25ClN2O6/c29-16-28(35)17-36-26-21(30-24(32)20-14-8-3-9-15-20)25(33)31(26)23(28)27(34)37-22(18-10-4-1-5-11-18)19-12-6-2-7-13-19/h1-15,21-23,26,35H,16-17H2,(H,30,32)/t21-,23-,26+,28-/m0/s1. The summed E-state index contributed by atoms with van der Waals surface area (Å²) < 4.78 is 11.7. The van der Waals surface area contributed by atoms with Crippen molar-refractivity contribution in [2.24, 2.45) is 0 Å². The Kier molecular flexibility index (Phi) is 6.97. The Morgan fingerprint density at radius 3 is 2.08 bits per heavy atom. The summed E-state index contributed by atoms with van der Waals surface area (Å²) in [6, 6.07) is 24.4. The number of aliphatic hydroxyl groups is 1. The van der Waals surface area contributed by atoms with Gasteiger partial charge in [0, 0.05) is 5.56 Å². The number of carbonyl (C=O) groups excluding carboxylic acids is 3. The number of alkyl halides is 1. The summed E-state index contributed by atoms with van der Waals surface area (Å²) in [5, 5.41) is 13.9. The monoisotopic (exact) mass is 520 g/mol. The van der Waals surface area contributed by atoms with Crippen LogP contribution in [0.5, 0.6) is 0 Å². The molecule has 190 valence electrons. The zero-order valence-corrected chi connectivity index (χ0v) is 20.5. The molecule has 0 spiro atoms. The normalized spacial score (nSPS) is 24.7. The number of halogens is 1. The minimum Gasteiger partial charge on any atom is -0.451 e. The second kappa shape index (κ2) is 10.3. The van der Waals surface area contributed by atoms with Crippen molar-refractivity contribution in [3.8, 4) is 0 Å². The predicted octanol–water partition coefficient (Wildman–Crippen LogP) is 2.65. The summed E-state index contributed by atoms with van der Waals surface area (Å²) in [6.45, 7) is -0.316. The Balaban J connectivity index is 1.39. The Hall–Kier alpha value is -3.72. The van der Waals surface area contributed by atoms with Crippen LogP contribution in [0.3, 0.4) is 0 Å². The van der Waals surface area contributed by atoms with Crippen LogP contribution in [0.15, 0.2) is 91.0 Å². The van der Waals surface area contributed by atoms with Crippen molar-refractivity contribution >= 4 is 29.4 Å². The number of hydrogen-bond acceptors (Lipinski definition) is 6. The van der Waals surface area contributed by atoms with Gasteiger partial charge in [-0.3, -0.25) is 14.5 Å². The van der Waals surface area contributed by atoms with Gasteiger partial charge in [0.1, 0.15) is 5.60 Å². The van der Waals surface area contributed by atoms with Crippen LogP contribution in [0, 0.1) is 0 Å². The van der Waals surface area contributed by atoms with E-state index in [9.17, 15) is 19.5 Å². The number of carbonyl (C=O) groups is 3. The molecule has 0 radical (unpaired) electrons. The van der Waals surface area contributed by atoms with Crippen molar-refractivity contribution in [3.05, 3.63) is 108 Å². The molecule has 2 N–H and O–H groups in total. The lowest BCUT2D eigenvalue weighted by atomic mass is 9.87. The van der Waals surface area contributed by atoms with Gasteiger partial charge in [-0.2, -0.15) is 0 Å². The van der Waals surface area contributed by atoms with E-state index in [-0.39, 0.29) is 12.5 Å². The summed E-state index contributed by atoms with van der Waals surface area (Å²) in [5.41, 5.74) is -0.0469. The molecule has 3 aromatic carbocycles. The molecule has 0 saturated carbocycles. The molecule has 8 nitrogen and oxygen atoms in total. The van der Waals surface area contributed by atoms with Crippen LogP contribution in [0.25, 0.3) is 0 Å². The largest absolute Gasteiger partial charge is 0.451 e. The molecule has 2 aliphatic heterocycles. The minimum atomic E-state index is -1.88. The lowest BCUT2D eigenvalue weighted by Crippen LogP contribution is -2.82. The van der Waals surface area contributed by atoms with Gasteiger partial charge < -0.3 is 19.9 Å². The van der Waals surface area contributed by atoms with Crippen molar-refractivity contribution in [1.29, 1.82) is 0 Å². The van der Waals surface area contributed by atoms with Crippen LogP contribution in [-0.4, -0.2) is 64.2 Å². The van der Waals surface area contributed by atoms with E-state index in [2.05, 4.69) is 5.32 Å². The second-order valence-electron chi connectivity index (χ2n) is 9.04. The van der Waals surface area contributed by atoms with Gasteiger partial charge in [-0.15, -0.1) is 11.6 Å². The van der Waals surface area contributed by atoms with Gasteiger partial charge in [-0.05, 0) is 23.3 Å². The molecule has 2 saturated heterocycles. The first-order valence-corrected chi connectivity index (χ1v) is 12.3. The number of rotatable bonds is 7. The number of nitrogens with zero attached hydrogens (tertiary/aromatic N) is 1. The maximum absolute atomic E-state index is 13.6. The smallest absolute Gasteiger partial charge is 0.333 e. The maximum atomic E-state index is 13.6. The number of β-lactam (4-membered cyclic amide) rings is 1. The molecule has 3 aromatic rings. The third-order valence-electron chi connectivity index (χ3n) is 6.59. The molecule has 2 fully saturated rings. The van der Waals surface area contributed by atoms with E-state index in [0.29, 0.717) is 5.56 Å². The minimum absolute atomic E-state index is 0.316. The highest BCUT2D eigenvalue weighted by Gasteiger charge is 2.63. The van der Waals surface area contributed by atoms with Gasteiger partial charge in [-0.1, -0.05) is 78.9 Å². The van der Waals surface area contributed by atoms with Crippen LogP contribution in [-0.2, 0) is 19.1 Å². The maximum Gasteiger partial charge on any atom is 0.333 e. The Morgan fingerprint density at radius 2 is 1.54 bits per heavy atom. The van der Waals surface area contributed by atoms with Crippen molar-refractivity contribution in [2.75, 3.05) is 12.5 Å². The van der Waals surface area contributed by atoms with Crippen LogP contribution in [0.1, 0.15) is 27.6 Å². The van der Waals surface area contributed by atoms with Gasteiger partial charge in [0.25, 0.3) is 11.8 Å². The van der Waals surface area contributed by atoms with E-state index in [1.165, 1.54) is 0 Å². The molecule has 0 aromatic heterocycles. The van der Waals surface area contributed by atoms with E-state index in [0.717, 1.165) is 16.0 Å². The summed E-state index contributed by atoms with van der Waals surface area (Å²) >= 11 is 6.07. The van der Waals surface area contributed by atoms with Gasteiger partial charge in [0.05, 0.1) is 12.5 Å². The summed E-state index contributed by atoms with van der Waals surface area (Å²) in [4.78, 5) is 40.5. The summed E-state index contributed by atoms with van der Waals surface area (Å²) in [7, 11) is 0. The number of nitrogens with one attached hydrogen (secondary N) is 1. The van der Waals surface area contributed by atoms with E-state index in [1.807, 2.05) is 60.7 Å². The molecule has 9 heteroatoms. The topological polar surface area (TPSA) is 105 Å². The average Bonchev–Trinajstić information content (AvgIpc) is 2.95. The number of benzene rings is 3. The summed E-state index contributed by atoms with van der Waals surface area (Å²) in [6.07, 6.45) is -1.73. The van der Waals surface area contributed by atoms with Crippen molar-refractivity contribution in [1.82, 2.24) is 10.2 Å². The van der Waals surface area contributed by atoms with E-state index in [1.54, 1.807) is 30.3 Å². The first kappa shape index (κ1) is 25.0. The fraction of sp³-hybridized carbons (Fsp3) is 0.250.